The van der Waals surface area contributed by atoms with Gasteiger partial charge in [0.05, 0.1) is 34.4 Å². The Morgan fingerprint density at radius 2 is 1.85 bits per heavy atom. The highest BCUT2D eigenvalue weighted by atomic mass is 32.1. The van der Waals surface area contributed by atoms with Gasteiger partial charge in [-0.3, -0.25) is 9.36 Å². The van der Waals surface area contributed by atoms with Crippen molar-refractivity contribution >= 4 is 29.4 Å². The summed E-state index contributed by atoms with van der Waals surface area (Å²) in [7, 11) is 0. The zero-order valence-corrected chi connectivity index (χ0v) is 19.3. The molecule has 8 nitrogen and oxygen atoms in total. The third kappa shape index (κ3) is 4.69. The minimum atomic E-state index is -1.31. The SMILES string of the molecule is CCOC(=O)C1=C(C)N=c2s/c(=C/c3ccc(OCC(=O)[O-])cc3)c(=O)n2[C@H]1c1ccccc1. The number of fused-ring (bicyclic) bond motifs is 1. The van der Waals surface area contributed by atoms with Crippen molar-refractivity contribution in [3.63, 3.8) is 0 Å². The van der Waals surface area contributed by atoms with E-state index >= 15 is 0 Å². The number of carbonyl (C=O) groups excluding carboxylic acids is 2. The molecule has 1 aliphatic rings. The quantitative estimate of drug-likeness (QED) is 0.468. The predicted octanol–water partition coefficient (Wildman–Crippen LogP) is 0.927. The number of hydrogen-bond donors (Lipinski definition) is 0. The molecule has 4 rings (SSSR count). The van der Waals surface area contributed by atoms with Crippen molar-refractivity contribution in [1.82, 2.24) is 4.57 Å². The Bertz CT molecular complexity index is 1440. The Labute approximate surface area is 198 Å². The first-order valence-electron chi connectivity index (χ1n) is 10.6. The monoisotopic (exact) mass is 477 g/mol. The van der Waals surface area contributed by atoms with E-state index in [0.717, 1.165) is 11.1 Å². The lowest BCUT2D eigenvalue weighted by Crippen LogP contribution is -2.39. The summed E-state index contributed by atoms with van der Waals surface area (Å²) in [4.78, 5) is 41.9. The average Bonchev–Trinajstić information content (AvgIpc) is 3.12. The van der Waals surface area contributed by atoms with E-state index in [1.807, 2.05) is 30.3 Å². The molecule has 3 aromatic rings. The molecule has 0 amide bonds. The van der Waals surface area contributed by atoms with Crippen LogP contribution in [-0.2, 0) is 14.3 Å². The van der Waals surface area contributed by atoms with Gasteiger partial charge in [0, 0.05) is 0 Å². The second kappa shape index (κ2) is 9.88. The van der Waals surface area contributed by atoms with Crippen molar-refractivity contribution in [2.24, 2.45) is 4.99 Å². The number of ether oxygens (including phenoxy) is 2. The molecule has 0 saturated heterocycles. The number of benzene rings is 2. The van der Waals surface area contributed by atoms with Crippen LogP contribution in [-0.4, -0.2) is 29.7 Å². The molecule has 1 aromatic heterocycles. The van der Waals surface area contributed by atoms with E-state index in [-0.39, 0.29) is 12.2 Å². The topological polar surface area (TPSA) is 110 Å². The molecule has 0 fully saturated rings. The fourth-order valence-corrected chi connectivity index (χ4v) is 4.74. The van der Waals surface area contributed by atoms with Gasteiger partial charge in [-0.25, -0.2) is 9.79 Å². The number of rotatable bonds is 7. The van der Waals surface area contributed by atoms with Crippen LogP contribution in [0.15, 0.2) is 75.7 Å². The number of nitrogens with zero attached hydrogens (tertiary/aromatic N) is 2. The molecule has 2 aromatic carbocycles. The van der Waals surface area contributed by atoms with Crippen LogP contribution in [0, 0.1) is 0 Å². The molecule has 9 heteroatoms. The fraction of sp³-hybridized carbons (Fsp3) is 0.200. The van der Waals surface area contributed by atoms with Crippen molar-refractivity contribution in [3.05, 3.63) is 96.7 Å². The minimum absolute atomic E-state index is 0.213. The summed E-state index contributed by atoms with van der Waals surface area (Å²) < 4.78 is 12.3. The first kappa shape index (κ1) is 23.2. The highest BCUT2D eigenvalue weighted by Gasteiger charge is 2.33. The summed E-state index contributed by atoms with van der Waals surface area (Å²) in [5.74, 6) is -1.43. The van der Waals surface area contributed by atoms with Crippen LogP contribution in [0.25, 0.3) is 6.08 Å². The van der Waals surface area contributed by atoms with Crippen LogP contribution in [0.1, 0.15) is 31.0 Å². The molecule has 34 heavy (non-hydrogen) atoms. The van der Waals surface area contributed by atoms with Crippen molar-refractivity contribution in [1.29, 1.82) is 0 Å². The van der Waals surface area contributed by atoms with Crippen molar-refractivity contribution in [2.45, 2.75) is 19.9 Å². The van der Waals surface area contributed by atoms with Crippen molar-refractivity contribution in [3.8, 4) is 5.75 Å². The number of hydrogen-bond acceptors (Lipinski definition) is 8. The maximum Gasteiger partial charge on any atom is 0.338 e. The van der Waals surface area contributed by atoms with Crippen LogP contribution in [0.5, 0.6) is 5.75 Å². The number of allylic oxidation sites excluding steroid dienone is 1. The third-order valence-corrected chi connectivity index (χ3v) is 6.15. The lowest BCUT2D eigenvalue weighted by Gasteiger charge is -2.24. The van der Waals surface area contributed by atoms with Gasteiger partial charge in [-0.1, -0.05) is 53.8 Å². The van der Waals surface area contributed by atoms with E-state index in [2.05, 4.69) is 4.99 Å². The average molecular weight is 478 g/mol. The lowest BCUT2D eigenvalue weighted by atomic mass is 9.96. The van der Waals surface area contributed by atoms with Gasteiger partial charge >= 0.3 is 5.97 Å². The van der Waals surface area contributed by atoms with Gasteiger partial charge in [0.1, 0.15) is 12.4 Å². The zero-order valence-electron chi connectivity index (χ0n) is 18.5. The Hall–Kier alpha value is -3.98. The Balaban J connectivity index is 1.80. The van der Waals surface area contributed by atoms with Crippen molar-refractivity contribution < 1.29 is 24.2 Å². The van der Waals surface area contributed by atoms with E-state index in [0.29, 0.717) is 26.4 Å². The van der Waals surface area contributed by atoms with Gasteiger partial charge in [0.2, 0.25) is 0 Å². The van der Waals surface area contributed by atoms with E-state index < -0.39 is 24.6 Å². The van der Waals surface area contributed by atoms with Gasteiger partial charge in [0.15, 0.2) is 4.80 Å². The molecule has 0 spiro atoms. The summed E-state index contributed by atoms with van der Waals surface area (Å²) in [5, 5.41) is 10.5. The van der Waals surface area contributed by atoms with Gasteiger partial charge in [0.25, 0.3) is 5.56 Å². The number of carboxylic acid groups (broad SMARTS) is 1. The zero-order chi connectivity index (χ0) is 24.2. The Kier molecular flexibility index (Phi) is 6.74. The summed E-state index contributed by atoms with van der Waals surface area (Å²) in [6.45, 7) is 3.14. The van der Waals surface area contributed by atoms with Crippen molar-refractivity contribution in [2.75, 3.05) is 13.2 Å². The first-order chi connectivity index (χ1) is 16.4. The Morgan fingerprint density at radius 3 is 2.50 bits per heavy atom. The van der Waals surface area contributed by atoms with E-state index in [1.54, 1.807) is 44.2 Å². The molecule has 1 atom stereocenters. The number of aliphatic carboxylic acids is 1. The molecule has 0 unspecified atom stereocenters. The summed E-state index contributed by atoms with van der Waals surface area (Å²) >= 11 is 1.23. The normalized spacial score (nSPS) is 15.5. The molecule has 0 bridgehead atoms. The highest BCUT2D eigenvalue weighted by molar-refractivity contribution is 7.07. The van der Waals surface area contributed by atoms with Gasteiger partial charge in [-0.2, -0.15) is 0 Å². The molecular formula is C25H21N2O6S-. The number of carbonyl (C=O) groups is 2. The van der Waals surface area contributed by atoms with Gasteiger partial charge in [-0.05, 0) is 43.2 Å². The number of thiazole rings is 1. The molecule has 0 aliphatic carbocycles. The van der Waals surface area contributed by atoms with Crippen LogP contribution >= 0.6 is 11.3 Å². The number of aromatic nitrogens is 1. The highest BCUT2D eigenvalue weighted by Crippen LogP contribution is 2.30. The second-order valence-electron chi connectivity index (χ2n) is 7.44. The second-order valence-corrected chi connectivity index (χ2v) is 8.45. The molecule has 0 N–H and O–H groups in total. The molecule has 174 valence electrons. The van der Waals surface area contributed by atoms with Gasteiger partial charge in [-0.15, -0.1) is 0 Å². The van der Waals surface area contributed by atoms with Crippen LogP contribution in [0.2, 0.25) is 0 Å². The van der Waals surface area contributed by atoms with E-state index in [9.17, 15) is 19.5 Å². The maximum atomic E-state index is 13.5. The molecule has 1 aliphatic heterocycles. The molecule has 0 saturated carbocycles. The molecule has 2 heterocycles. The third-order valence-electron chi connectivity index (χ3n) is 5.17. The van der Waals surface area contributed by atoms with Crippen LogP contribution < -0.4 is 24.7 Å². The first-order valence-corrected chi connectivity index (χ1v) is 11.4. The van der Waals surface area contributed by atoms with Crippen LogP contribution in [0.3, 0.4) is 0 Å². The van der Waals surface area contributed by atoms with E-state index in [1.165, 1.54) is 15.9 Å². The summed E-state index contributed by atoms with van der Waals surface area (Å²) in [6, 6.07) is 15.3. The smallest absolute Gasteiger partial charge is 0.338 e. The number of esters is 1. The fourth-order valence-electron chi connectivity index (χ4n) is 3.70. The minimum Gasteiger partial charge on any atom is -0.546 e. The largest absolute Gasteiger partial charge is 0.546 e. The van der Waals surface area contributed by atoms with Crippen LogP contribution in [0.4, 0.5) is 0 Å². The molecule has 0 radical (unpaired) electrons. The standard InChI is InChI=1S/C25H22N2O6S/c1-3-32-24(31)21-15(2)26-25-27(22(21)17-7-5-4-6-8-17)23(30)19(34-25)13-16-9-11-18(12-10-16)33-14-20(28)29/h4-13,22H,3,14H2,1-2H3,(H,28,29)/p-1/b19-13+/t22-/m0/s1. The van der Waals surface area contributed by atoms with Gasteiger partial charge < -0.3 is 19.4 Å². The Morgan fingerprint density at radius 1 is 1.15 bits per heavy atom. The summed E-state index contributed by atoms with van der Waals surface area (Å²) in [5.41, 5.74) is 2.07. The maximum absolute atomic E-state index is 13.5. The van der Waals surface area contributed by atoms with E-state index in [4.69, 9.17) is 9.47 Å². The lowest BCUT2D eigenvalue weighted by molar-refractivity contribution is -0.307. The molecular weight excluding hydrogens is 456 g/mol. The predicted molar refractivity (Wildman–Crippen MR) is 124 cm³/mol. The summed E-state index contributed by atoms with van der Waals surface area (Å²) in [6.07, 6.45) is 1.72. The number of carboxylic acids is 1.